The molecule has 0 saturated carbocycles. The number of fused-ring (bicyclic) bond motifs is 1. The molecule has 2 rings (SSSR count). The summed E-state index contributed by atoms with van der Waals surface area (Å²) >= 11 is 0. The molecule has 0 fully saturated rings. The number of carbonyl (C=O) groups excluding carboxylic acids is 2. The highest BCUT2D eigenvalue weighted by atomic mass is 16.5. The maximum Gasteiger partial charge on any atom is 0.375 e. The second-order valence-electron chi connectivity index (χ2n) is 5.75. The molecule has 0 aliphatic heterocycles. The van der Waals surface area contributed by atoms with Gasteiger partial charge in [0.05, 0.1) is 7.11 Å². The van der Waals surface area contributed by atoms with Gasteiger partial charge in [-0.25, -0.2) is 4.79 Å². The van der Waals surface area contributed by atoms with E-state index in [2.05, 4.69) is 5.32 Å². The van der Waals surface area contributed by atoms with E-state index in [0.29, 0.717) is 16.9 Å². The molecule has 1 atom stereocenters. The fourth-order valence-corrected chi connectivity index (χ4v) is 2.54. The van der Waals surface area contributed by atoms with Gasteiger partial charge in [0.25, 0.3) is 5.91 Å². The zero-order valence-electron chi connectivity index (χ0n) is 14.5. The number of amides is 1. The van der Waals surface area contributed by atoms with Gasteiger partial charge in [0.15, 0.2) is 6.61 Å². The maximum absolute atomic E-state index is 12.2. The van der Waals surface area contributed by atoms with E-state index >= 15 is 0 Å². The Morgan fingerprint density at radius 2 is 2.08 bits per heavy atom. The van der Waals surface area contributed by atoms with Crippen molar-refractivity contribution in [2.75, 3.05) is 13.7 Å². The van der Waals surface area contributed by atoms with Crippen LogP contribution in [-0.2, 0) is 9.53 Å². The molecule has 2 aromatic rings. The Hall–Kier alpha value is -2.50. The van der Waals surface area contributed by atoms with Gasteiger partial charge in [-0.1, -0.05) is 13.3 Å². The molecule has 1 aromatic heterocycles. The Bertz CT molecular complexity index is 734. The number of aryl methyl sites for hydroxylation is 1. The minimum absolute atomic E-state index is 0.0570. The monoisotopic (exact) mass is 333 g/mol. The highest BCUT2D eigenvalue weighted by Crippen LogP contribution is 2.29. The lowest BCUT2D eigenvalue weighted by atomic mass is 10.1. The average Bonchev–Trinajstić information content (AvgIpc) is 2.89. The summed E-state index contributed by atoms with van der Waals surface area (Å²) in [6, 6.07) is 5.34. The summed E-state index contributed by atoms with van der Waals surface area (Å²) in [4.78, 5) is 23.9. The van der Waals surface area contributed by atoms with Gasteiger partial charge in [-0.2, -0.15) is 0 Å². The Balaban J connectivity index is 2.03. The number of hydrogen-bond acceptors (Lipinski definition) is 5. The molecule has 24 heavy (non-hydrogen) atoms. The van der Waals surface area contributed by atoms with Crippen LogP contribution in [0.25, 0.3) is 11.0 Å². The summed E-state index contributed by atoms with van der Waals surface area (Å²) in [5, 5.41) is 3.56. The number of methoxy groups -OCH3 is 1. The third-order valence-electron chi connectivity index (χ3n) is 3.79. The number of esters is 1. The van der Waals surface area contributed by atoms with Crippen LogP contribution in [0.4, 0.5) is 0 Å². The van der Waals surface area contributed by atoms with E-state index in [-0.39, 0.29) is 24.3 Å². The van der Waals surface area contributed by atoms with E-state index < -0.39 is 5.97 Å². The number of rotatable bonds is 7. The lowest BCUT2D eigenvalue weighted by Gasteiger charge is -2.12. The maximum atomic E-state index is 12.2. The van der Waals surface area contributed by atoms with Crippen molar-refractivity contribution in [3.63, 3.8) is 0 Å². The van der Waals surface area contributed by atoms with Crippen molar-refractivity contribution in [1.82, 2.24) is 5.32 Å². The molecule has 1 heterocycles. The van der Waals surface area contributed by atoms with Crippen LogP contribution in [0.15, 0.2) is 22.6 Å². The van der Waals surface area contributed by atoms with Crippen molar-refractivity contribution in [2.24, 2.45) is 0 Å². The predicted molar refractivity (Wildman–Crippen MR) is 90.3 cm³/mol. The fourth-order valence-electron chi connectivity index (χ4n) is 2.54. The van der Waals surface area contributed by atoms with Crippen LogP contribution in [0, 0.1) is 6.92 Å². The molecule has 1 N–H and O–H groups in total. The molecule has 1 amide bonds. The summed E-state index contributed by atoms with van der Waals surface area (Å²) in [6.07, 6.45) is 1.85. The predicted octanol–water partition coefficient (Wildman–Crippen LogP) is 3.21. The topological polar surface area (TPSA) is 77.8 Å². The minimum Gasteiger partial charge on any atom is -0.497 e. The lowest BCUT2D eigenvalue weighted by Crippen LogP contribution is -2.35. The van der Waals surface area contributed by atoms with Crippen molar-refractivity contribution < 1.29 is 23.5 Å². The third-order valence-corrected chi connectivity index (χ3v) is 3.79. The van der Waals surface area contributed by atoms with Crippen molar-refractivity contribution in [3.05, 3.63) is 29.5 Å². The van der Waals surface area contributed by atoms with Crippen molar-refractivity contribution in [3.8, 4) is 5.75 Å². The van der Waals surface area contributed by atoms with Crippen LogP contribution in [-0.4, -0.2) is 31.6 Å². The molecular formula is C18H23NO5. The smallest absolute Gasteiger partial charge is 0.375 e. The van der Waals surface area contributed by atoms with Gasteiger partial charge in [-0.05, 0) is 38.5 Å². The van der Waals surface area contributed by atoms with E-state index in [1.807, 2.05) is 13.8 Å². The standard InChI is InChI=1S/C18H23NO5/c1-5-6-11(2)19-16(20)10-23-18(21)17-12(3)14-9-13(22-4)7-8-15(14)24-17/h7-9,11H,5-6,10H2,1-4H3,(H,19,20)/t11-/m0/s1. The molecule has 0 unspecified atom stereocenters. The van der Waals surface area contributed by atoms with E-state index in [4.69, 9.17) is 13.9 Å². The quantitative estimate of drug-likeness (QED) is 0.787. The van der Waals surface area contributed by atoms with Gasteiger partial charge < -0.3 is 19.2 Å². The summed E-state index contributed by atoms with van der Waals surface area (Å²) < 4.78 is 15.8. The largest absolute Gasteiger partial charge is 0.497 e. The first-order chi connectivity index (χ1) is 11.5. The SMILES string of the molecule is CCC[C@H](C)NC(=O)COC(=O)c1oc2ccc(OC)cc2c1C. The summed E-state index contributed by atoms with van der Waals surface area (Å²) in [5.41, 5.74) is 1.23. The Kier molecular flexibility index (Phi) is 5.84. The lowest BCUT2D eigenvalue weighted by molar-refractivity contribution is -0.124. The summed E-state index contributed by atoms with van der Waals surface area (Å²) in [7, 11) is 1.57. The zero-order valence-corrected chi connectivity index (χ0v) is 14.5. The fraction of sp³-hybridized carbons (Fsp3) is 0.444. The molecule has 0 spiro atoms. The minimum atomic E-state index is -0.652. The van der Waals surface area contributed by atoms with E-state index in [0.717, 1.165) is 18.2 Å². The van der Waals surface area contributed by atoms with Crippen LogP contribution < -0.4 is 10.1 Å². The molecule has 0 aliphatic carbocycles. The molecule has 130 valence electrons. The molecule has 0 aliphatic rings. The molecule has 6 heteroatoms. The van der Waals surface area contributed by atoms with Crippen molar-refractivity contribution >= 4 is 22.8 Å². The van der Waals surface area contributed by atoms with Crippen LogP contribution in [0.2, 0.25) is 0 Å². The van der Waals surface area contributed by atoms with Crippen LogP contribution >= 0.6 is 0 Å². The molecule has 0 radical (unpaired) electrons. The number of furan rings is 1. The number of hydrogen-bond donors (Lipinski definition) is 1. The van der Waals surface area contributed by atoms with E-state index in [1.165, 1.54) is 0 Å². The van der Waals surface area contributed by atoms with Gasteiger partial charge in [-0.3, -0.25) is 4.79 Å². The summed E-state index contributed by atoms with van der Waals surface area (Å²) in [6.45, 7) is 5.40. The molecular weight excluding hydrogens is 310 g/mol. The first kappa shape index (κ1) is 17.8. The molecule has 1 aromatic carbocycles. The Morgan fingerprint density at radius 1 is 1.33 bits per heavy atom. The number of ether oxygens (including phenoxy) is 2. The second-order valence-corrected chi connectivity index (χ2v) is 5.75. The number of nitrogens with one attached hydrogen (secondary N) is 1. The van der Waals surface area contributed by atoms with Crippen LogP contribution in [0.3, 0.4) is 0 Å². The van der Waals surface area contributed by atoms with Gasteiger partial charge in [0.2, 0.25) is 5.76 Å². The highest BCUT2D eigenvalue weighted by molar-refractivity contribution is 5.97. The van der Waals surface area contributed by atoms with Crippen molar-refractivity contribution in [2.45, 2.75) is 39.7 Å². The normalized spacial score (nSPS) is 12.0. The summed E-state index contributed by atoms with van der Waals surface area (Å²) in [5.74, 6) is -0.191. The van der Waals surface area contributed by atoms with Gasteiger partial charge in [0.1, 0.15) is 11.3 Å². The Morgan fingerprint density at radius 3 is 2.75 bits per heavy atom. The molecule has 6 nitrogen and oxygen atoms in total. The van der Waals surface area contributed by atoms with Crippen LogP contribution in [0.5, 0.6) is 5.75 Å². The second kappa shape index (κ2) is 7.86. The third kappa shape index (κ3) is 4.07. The first-order valence-corrected chi connectivity index (χ1v) is 7.99. The van der Waals surface area contributed by atoms with Crippen molar-refractivity contribution in [1.29, 1.82) is 0 Å². The van der Waals surface area contributed by atoms with Gasteiger partial charge in [0, 0.05) is 17.0 Å². The highest BCUT2D eigenvalue weighted by Gasteiger charge is 2.20. The van der Waals surface area contributed by atoms with Gasteiger partial charge >= 0.3 is 5.97 Å². The van der Waals surface area contributed by atoms with E-state index in [9.17, 15) is 9.59 Å². The molecule has 0 saturated heterocycles. The van der Waals surface area contributed by atoms with Gasteiger partial charge in [-0.15, -0.1) is 0 Å². The molecule has 0 bridgehead atoms. The average molecular weight is 333 g/mol. The number of benzene rings is 1. The Labute approximate surface area is 141 Å². The first-order valence-electron chi connectivity index (χ1n) is 7.99. The number of carbonyl (C=O) groups is 2. The van der Waals surface area contributed by atoms with E-state index in [1.54, 1.807) is 32.2 Å². The van der Waals surface area contributed by atoms with Crippen LogP contribution in [0.1, 0.15) is 42.8 Å². The zero-order chi connectivity index (χ0) is 17.7.